The second-order valence-corrected chi connectivity index (χ2v) is 5.29. The van der Waals surface area contributed by atoms with Gasteiger partial charge in [-0.05, 0) is 6.07 Å². The normalized spacial score (nSPS) is 11.5. The summed E-state index contributed by atoms with van der Waals surface area (Å²) in [6.45, 7) is 0.251. The number of benzene rings is 1. The third-order valence-electron chi connectivity index (χ3n) is 2.48. The van der Waals surface area contributed by atoms with E-state index in [1.807, 2.05) is 40.8 Å². The first-order valence-corrected chi connectivity index (χ1v) is 6.93. The number of esters is 1. The van der Waals surface area contributed by atoms with E-state index in [2.05, 4.69) is 10.1 Å². The molecule has 0 aliphatic rings. The first-order valence-electron chi connectivity index (χ1n) is 5.69. The van der Waals surface area contributed by atoms with Crippen LogP contribution in [0.5, 0.6) is 5.75 Å². The van der Waals surface area contributed by atoms with Gasteiger partial charge in [-0.3, -0.25) is 9.59 Å². The van der Waals surface area contributed by atoms with Gasteiger partial charge in [0.2, 0.25) is 5.91 Å². The summed E-state index contributed by atoms with van der Waals surface area (Å²) in [4.78, 5) is 23.0. The highest BCUT2D eigenvalue weighted by Crippen LogP contribution is 2.17. The minimum absolute atomic E-state index is 0.157. The van der Waals surface area contributed by atoms with E-state index in [0.29, 0.717) is 5.75 Å². The van der Waals surface area contributed by atoms with Crippen LogP contribution in [0.4, 0.5) is 0 Å². The topological polar surface area (TPSA) is 64.6 Å². The third-order valence-corrected chi connectivity index (χ3v) is 3.43. The number of amides is 1. The van der Waals surface area contributed by atoms with E-state index >= 15 is 0 Å². The molecule has 19 heavy (non-hydrogen) atoms. The quantitative estimate of drug-likeness (QED) is 0.462. The first-order chi connectivity index (χ1) is 9.08. The molecule has 1 unspecified atom stereocenters. The Morgan fingerprint density at radius 1 is 1.32 bits per heavy atom. The highest BCUT2D eigenvalue weighted by Gasteiger charge is 2.16. The van der Waals surface area contributed by atoms with E-state index < -0.39 is 0 Å². The lowest BCUT2D eigenvalue weighted by Crippen LogP contribution is -2.34. The van der Waals surface area contributed by atoms with Crippen molar-refractivity contribution in [1.29, 1.82) is 0 Å². The van der Waals surface area contributed by atoms with E-state index in [-0.39, 0.29) is 28.8 Å². The Morgan fingerprint density at radius 2 is 2.00 bits per heavy atom. The molecule has 0 aliphatic heterocycles. The highest BCUT2D eigenvalue weighted by atomic mass is 127. The lowest BCUT2D eigenvalue weighted by molar-refractivity contribution is -0.139. The van der Waals surface area contributed by atoms with E-state index in [1.54, 1.807) is 13.2 Å². The van der Waals surface area contributed by atoms with Crippen LogP contribution >= 0.6 is 22.6 Å². The molecular weight excluding hydrogens is 361 g/mol. The molecule has 6 heteroatoms. The van der Waals surface area contributed by atoms with Gasteiger partial charge in [0, 0.05) is 12.1 Å². The SMILES string of the molecule is COC(=O)C(I)CNC(=O)Cc1ccccc1OC. The van der Waals surface area contributed by atoms with Gasteiger partial charge >= 0.3 is 5.97 Å². The number of carbonyl (C=O) groups is 2. The third kappa shape index (κ3) is 5.06. The standard InChI is InChI=1S/C13H16INO4/c1-18-11-6-4-3-5-9(11)7-12(16)15-8-10(14)13(17)19-2/h3-6,10H,7-8H2,1-2H3,(H,15,16). The molecule has 1 amide bonds. The maximum Gasteiger partial charge on any atom is 0.320 e. The van der Waals surface area contributed by atoms with Crippen LogP contribution in [0, 0.1) is 0 Å². The number of rotatable bonds is 6. The van der Waals surface area contributed by atoms with E-state index in [9.17, 15) is 9.59 Å². The predicted octanol–water partition coefficient (Wildman–Crippen LogP) is 1.33. The van der Waals surface area contributed by atoms with Crippen LogP contribution in [0.1, 0.15) is 5.56 Å². The predicted molar refractivity (Wildman–Crippen MR) is 79.5 cm³/mol. The fourth-order valence-corrected chi connectivity index (χ4v) is 1.97. The molecule has 0 saturated heterocycles. The largest absolute Gasteiger partial charge is 0.496 e. The Bertz CT molecular complexity index is 450. The fourth-order valence-electron chi connectivity index (χ4n) is 1.50. The molecule has 0 aliphatic carbocycles. The summed E-state index contributed by atoms with van der Waals surface area (Å²) < 4.78 is 9.37. The molecule has 5 nitrogen and oxygen atoms in total. The Labute approximate surface area is 125 Å². The molecule has 0 heterocycles. The minimum atomic E-state index is -0.385. The van der Waals surface area contributed by atoms with E-state index in [4.69, 9.17) is 4.74 Å². The molecule has 1 aromatic carbocycles. The van der Waals surface area contributed by atoms with Gasteiger partial charge in [0.15, 0.2) is 0 Å². The maximum absolute atomic E-state index is 11.8. The molecule has 0 spiro atoms. The monoisotopic (exact) mass is 377 g/mol. The lowest BCUT2D eigenvalue weighted by Gasteiger charge is -2.11. The zero-order valence-corrected chi connectivity index (χ0v) is 13.0. The van der Waals surface area contributed by atoms with Crippen LogP contribution in [0.15, 0.2) is 24.3 Å². The summed E-state index contributed by atoms with van der Waals surface area (Å²) in [6.07, 6.45) is 0.217. The van der Waals surface area contributed by atoms with Crippen LogP contribution in [-0.2, 0) is 20.7 Å². The molecule has 0 bridgehead atoms. The van der Waals surface area contributed by atoms with Gasteiger partial charge in [-0.1, -0.05) is 40.8 Å². The molecular formula is C13H16INO4. The van der Waals surface area contributed by atoms with Gasteiger partial charge in [-0.15, -0.1) is 0 Å². The van der Waals surface area contributed by atoms with Gasteiger partial charge in [-0.25, -0.2) is 0 Å². The van der Waals surface area contributed by atoms with Gasteiger partial charge in [0.25, 0.3) is 0 Å². The number of ether oxygens (including phenoxy) is 2. The number of hydrogen-bond donors (Lipinski definition) is 1. The summed E-state index contributed by atoms with van der Waals surface area (Å²) in [6, 6.07) is 7.33. The van der Waals surface area contributed by atoms with Crippen molar-refractivity contribution in [3.63, 3.8) is 0 Å². The number of para-hydroxylation sites is 1. The number of carbonyl (C=O) groups excluding carboxylic acids is 2. The average Bonchev–Trinajstić information content (AvgIpc) is 2.44. The van der Waals surface area contributed by atoms with Crippen molar-refractivity contribution in [2.75, 3.05) is 20.8 Å². The zero-order chi connectivity index (χ0) is 14.3. The Kier molecular flexibility index (Phi) is 6.61. The van der Waals surface area contributed by atoms with Crippen molar-refractivity contribution in [2.45, 2.75) is 10.3 Å². The van der Waals surface area contributed by atoms with Crippen LogP contribution in [0.2, 0.25) is 0 Å². The van der Waals surface area contributed by atoms with Crippen LogP contribution < -0.4 is 10.1 Å². The summed E-state index contributed by atoms with van der Waals surface area (Å²) in [5.41, 5.74) is 0.811. The van der Waals surface area contributed by atoms with Crippen molar-refractivity contribution in [2.24, 2.45) is 0 Å². The van der Waals surface area contributed by atoms with Crippen LogP contribution in [0.3, 0.4) is 0 Å². The maximum atomic E-state index is 11.8. The van der Waals surface area contributed by atoms with Gasteiger partial charge < -0.3 is 14.8 Å². The number of alkyl halides is 1. The zero-order valence-electron chi connectivity index (χ0n) is 10.8. The molecule has 0 aromatic heterocycles. The fraction of sp³-hybridized carbons (Fsp3) is 0.385. The molecule has 1 N–H and O–H groups in total. The van der Waals surface area contributed by atoms with Crippen LogP contribution in [0.25, 0.3) is 0 Å². The van der Waals surface area contributed by atoms with Crippen molar-refractivity contribution >= 4 is 34.5 Å². The van der Waals surface area contributed by atoms with Gasteiger partial charge in [-0.2, -0.15) is 0 Å². The summed E-state index contributed by atoms with van der Waals surface area (Å²) >= 11 is 1.93. The first kappa shape index (κ1) is 15.7. The lowest BCUT2D eigenvalue weighted by atomic mass is 10.1. The smallest absolute Gasteiger partial charge is 0.320 e. The summed E-state index contributed by atoms with van der Waals surface area (Å²) in [5.74, 6) is 0.171. The number of hydrogen-bond acceptors (Lipinski definition) is 4. The number of nitrogens with one attached hydrogen (secondary N) is 1. The molecule has 104 valence electrons. The number of methoxy groups -OCH3 is 2. The average molecular weight is 377 g/mol. The highest BCUT2D eigenvalue weighted by molar-refractivity contribution is 14.1. The van der Waals surface area contributed by atoms with Crippen molar-refractivity contribution in [3.05, 3.63) is 29.8 Å². The van der Waals surface area contributed by atoms with E-state index in [0.717, 1.165) is 5.56 Å². The molecule has 0 radical (unpaired) electrons. The van der Waals surface area contributed by atoms with Gasteiger partial charge in [0.05, 0.1) is 20.6 Å². The van der Waals surface area contributed by atoms with Crippen molar-refractivity contribution in [3.8, 4) is 5.75 Å². The Hall–Kier alpha value is -1.31. The second kappa shape index (κ2) is 7.98. The van der Waals surface area contributed by atoms with Gasteiger partial charge in [0.1, 0.15) is 9.67 Å². The van der Waals surface area contributed by atoms with E-state index in [1.165, 1.54) is 7.11 Å². The molecule has 1 aromatic rings. The van der Waals surface area contributed by atoms with Crippen molar-refractivity contribution < 1.29 is 19.1 Å². The minimum Gasteiger partial charge on any atom is -0.496 e. The number of halogens is 1. The Balaban J connectivity index is 2.49. The molecule has 1 atom stereocenters. The summed E-state index contributed by atoms with van der Waals surface area (Å²) in [5, 5.41) is 2.69. The van der Waals surface area contributed by atoms with Crippen molar-refractivity contribution in [1.82, 2.24) is 5.32 Å². The van der Waals surface area contributed by atoms with Crippen LogP contribution in [-0.4, -0.2) is 36.6 Å². The Morgan fingerprint density at radius 3 is 2.63 bits per heavy atom. The molecule has 0 fully saturated rings. The summed E-state index contributed by atoms with van der Waals surface area (Å²) in [7, 11) is 2.89. The molecule has 1 rings (SSSR count). The molecule has 0 saturated carbocycles. The second-order valence-electron chi connectivity index (χ2n) is 3.78.